The number of nitrogens with zero attached hydrogens (tertiary/aromatic N) is 3. The molecule has 29 heavy (non-hydrogen) atoms. The van der Waals surface area contributed by atoms with Crippen LogP contribution in [0.15, 0.2) is 33.6 Å². The summed E-state index contributed by atoms with van der Waals surface area (Å²) >= 11 is 0. The van der Waals surface area contributed by atoms with Crippen LogP contribution in [0.4, 0.5) is 0 Å². The third kappa shape index (κ3) is 4.34. The van der Waals surface area contributed by atoms with Gasteiger partial charge in [0.05, 0.1) is 0 Å². The van der Waals surface area contributed by atoms with Crippen molar-refractivity contribution in [1.29, 1.82) is 0 Å². The first kappa shape index (κ1) is 19.6. The Balaban J connectivity index is 1.40. The van der Waals surface area contributed by atoms with Crippen LogP contribution in [0.2, 0.25) is 0 Å². The average molecular weight is 396 g/mol. The maximum absolute atomic E-state index is 12.4. The highest BCUT2D eigenvalue weighted by atomic mass is 16.4. The molecule has 0 unspecified atom stereocenters. The number of carbonyl (C=O) groups excluding carboxylic acids is 1. The number of fused-ring (bicyclic) bond motifs is 3. The van der Waals surface area contributed by atoms with Gasteiger partial charge >= 0.3 is 5.63 Å². The van der Waals surface area contributed by atoms with E-state index in [0.29, 0.717) is 29.1 Å². The fourth-order valence-corrected chi connectivity index (χ4v) is 4.20. The van der Waals surface area contributed by atoms with E-state index in [4.69, 9.17) is 4.42 Å². The van der Waals surface area contributed by atoms with E-state index in [1.807, 2.05) is 19.1 Å². The second-order valence-corrected chi connectivity index (χ2v) is 8.10. The summed E-state index contributed by atoms with van der Waals surface area (Å²) in [5.74, 6) is -0.111. The molecular formula is C22H28N4O3. The Labute approximate surface area is 169 Å². The average Bonchev–Trinajstić information content (AvgIpc) is 3.14. The summed E-state index contributed by atoms with van der Waals surface area (Å²) in [5, 5.41) is 8.63. The second-order valence-electron chi connectivity index (χ2n) is 8.10. The van der Waals surface area contributed by atoms with Crippen molar-refractivity contribution in [3.8, 4) is 0 Å². The third-order valence-corrected chi connectivity index (χ3v) is 5.86. The molecule has 0 saturated heterocycles. The lowest BCUT2D eigenvalue weighted by Gasteiger charge is -2.31. The molecule has 0 aliphatic heterocycles. The molecule has 3 aromatic rings. The molecule has 1 aliphatic carbocycles. The zero-order valence-corrected chi connectivity index (χ0v) is 17.1. The van der Waals surface area contributed by atoms with Gasteiger partial charge in [0.2, 0.25) is 5.91 Å². The first-order valence-electron chi connectivity index (χ1n) is 10.4. The maximum Gasteiger partial charge on any atom is 0.347 e. The predicted molar refractivity (Wildman–Crippen MR) is 113 cm³/mol. The fourth-order valence-electron chi connectivity index (χ4n) is 4.20. The van der Waals surface area contributed by atoms with Crippen LogP contribution in [0, 0.1) is 6.92 Å². The molecule has 0 bridgehead atoms. The van der Waals surface area contributed by atoms with Gasteiger partial charge in [0, 0.05) is 30.7 Å². The molecule has 4 rings (SSSR count). The SMILES string of the molecule is Cc1ccc2oc(=O)c3cn(CC(=O)NCCN(C)C4CCCCC4)nc3c2c1. The van der Waals surface area contributed by atoms with E-state index in [9.17, 15) is 9.59 Å². The molecule has 2 heterocycles. The first-order valence-corrected chi connectivity index (χ1v) is 10.4. The van der Waals surface area contributed by atoms with Gasteiger partial charge in [0.25, 0.3) is 0 Å². The van der Waals surface area contributed by atoms with Crippen molar-refractivity contribution in [2.24, 2.45) is 0 Å². The Morgan fingerprint density at radius 3 is 2.86 bits per heavy atom. The first-order chi connectivity index (χ1) is 14.0. The summed E-state index contributed by atoms with van der Waals surface area (Å²) in [4.78, 5) is 27.0. The number of hydrogen-bond acceptors (Lipinski definition) is 5. The topological polar surface area (TPSA) is 80.4 Å². The summed E-state index contributed by atoms with van der Waals surface area (Å²) in [6, 6.07) is 6.25. The van der Waals surface area contributed by atoms with Crippen molar-refractivity contribution in [3.05, 3.63) is 40.4 Å². The Morgan fingerprint density at radius 2 is 2.07 bits per heavy atom. The number of likely N-dealkylation sites (N-methyl/N-ethyl adjacent to an activating group) is 1. The van der Waals surface area contributed by atoms with E-state index in [-0.39, 0.29) is 12.5 Å². The summed E-state index contributed by atoms with van der Waals surface area (Å²) in [6.07, 6.45) is 8.04. The van der Waals surface area contributed by atoms with Gasteiger partial charge in [0.15, 0.2) is 0 Å². The zero-order valence-electron chi connectivity index (χ0n) is 17.1. The molecule has 1 amide bonds. The normalized spacial score (nSPS) is 15.4. The molecule has 2 aromatic heterocycles. The number of nitrogens with one attached hydrogen (secondary N) is 1. The lowest BCUT2D eigenvalue weighted by molar-refractivity contribution is -0.121. The maximum atomic E-state index is 12.4. The van der Waals surface area contributed by atoms with Crippen molar-refractivity contribution < 1.29 is 9.21 Å². The highest BCUT2D eigenvalue weighted by molar-refractivity contribution is 6.01. The number of hydrogen-bond donors (Lipinski definition) is 1. The Morgan fingerprint density at radius 1 is 1.28 bits per heavy atom. The van der Waals surface area contributed by atoms with Gasteiger partial charge in [-0.1, -0.05) is 30.9 Å². The van der Waals surface area contributed by atoms with Crippen molar-refractivity contribution in [2.75, 3.05) is 20.1 Å². The molecule has 1 aliphatic rings. The van der Waals surface area contributed by atoms with E-state index in [0.717, 1.165) is 17.5 Å². The van der Waals surface area contributed by atoms with Crippen LogP contribution in [-0.4, -0.2) is 46.8 Å². The highest BCUT2D eigenvalue weighted by Gasteiger charge is 2.18. The number of rotatable bonds is 6. The Hall–Kier alpha value is -2.67. The molecule has 0 atom stereocenters. The van der Waals surface area contributed by atoms with Gasteiger partial charge in [-0.2, -0.15) is 5.10 Å². The number of carbonyl (C=O) groups is 1. The zero-order chi connectivity index (χ0) is 20.4. The minimum Gasteiger partial charge on any atom is -0.422 e. The summed E-state index contributed by atoms with van der Waals surface area (Å²) in [5.41, 5.74) is 1.71. The summed E-state index contributed by atoms with van der Waals surface area (Å²) < 4.78 is 6.90. The molecule has 7 heteroatoms. The van der Waals surface area contributed by atoms with Gasteiger partial charge in [-0.15, -0.1) is 0 Å². The number of aromatic nitrogens is 2. The quantitative estimate of drug-likeness (QED) is 0.648. The molecule has 7 nitrogen and oxygen atoms in total. The monoisotopic (exact) mass is 396 g/mol. The number of amides is 1. The van der Waals surface area contributed by atoms with E-state index >= 15 is 0 Å². The lowest BCUT2D eigenvalue weighted by Crippen LogP contribution is -2.40. The van der Waals surface area contributed by atoms with Gasteiger partial charge in [0.1, 0.15) is 23.0 Å². The van der Waals surface area contributed by atoms with Gasteiger partial charge in [-0.25, -0.2) is 4.79 Å². The smallest absolute Gasteiger partial charge is 0.347 e. The van der Waals surface area contributed by atoms with Crippen molar-refractivity contribution in [3.63, 3.8) is 0 Å². The highest BCUT2D eigenvalue weighted by Crippen LogP contribution is 2.23. The van der Waals surface area contributed by atoms with Crippen molar-refractivity contribution >= 4 is 27.8 Å². The van der Waals surface area contributed by atoms with Crippen LogP contribution in [0.25, 0.3) is 21.9 Å². The minimum atomic E-state index is -0.433. The van der Waals surface area contributed by atoms with Crippen LogP contribution in [0.5, 0.6) is 0 Å². The predicted octanol–water partition coefficient (Wildman–Crippen LogP) is 2.83. The lowest BCUT2D eigenvalue weighted by atomic mass is 9.94. The molecule has 1 saturated carbocycles. The fraction of sp³-hybridized carbons (Fsp3) is 0.500. The van der Waals surface area contributed by atoms with E-state index in [1.165, 1.54) is 36.8 Å². The van der Waals surface area contributed by atoms with Crippen LogP contribution >= 0.6 is 0 Å². The van der Waals surface area contributed by atoms with Crippen LogP contribution in [0.3, 0.4) is 0 Å². The molecule has 154 valence electrons. The van der Waals surface area contributed by atoms with Crippen molar-refractivity contribution in [1.82, 2.24) is 20.0 Å². The Bertz CT molecular complexity index is 1080. The van der Waals surface area contributed by atoms with Crippen LogP contribution < -0.4 is 10.9 Å². The molecular weight excluding hydrogens is 368 g/mol. The van der Waals surface area contributed by atoms with Crippen LogP contribution in [-0.2, 0) is 11.3 Å². The largest absolute Gasteiger partial charge is 0.422 e. The Kier molecular flexibility index (Phi) is 5.67. The third-order valence-electron chi connectivity index (χ3n) is 5.86. The van der Waals surface area contributed by atoms with E-state index in [2.05, 4.69) is 22.4 Å². The second kappa shape index (κ2) is 8.37. The molecule has 0 spiro atoms. The number of benzene rings is 1. The van der Waals surface area contributed by atoms with Gasteiger partial charge in [-0.3, -0.25) is 9.48 Å². The van der Waals surface area contributed by atoms with Crippen molar-refractivity contribution in [2.45, 2.75) is 51.6 Å². The molecule has 1 N–H and O–H groups in total. The van der Waals surface area contributed by atoms with Gasteiger partial charge < -0.3 is 14.6 Å². The summed E-state index contributed by atoms with van der Waals surface area (Å²) in [7, 11) is 2.13. The van der Waals surface area contributed by atoms with E-state index in [1.54, 1.807) is 12.3 Å². The molecule has 1 fully saturated rings. The minimum absolute atomic E-state index is 0.0779. The summed E-state index contributed by atoms with van der Waals surface area (Å²) in [6.45, 7) is 3.50. The number of aryl methyl sites for hydroxylation is 1. The standard InChI is InChI=1S/C22H28N4O3/c1-15-8-9-19-17(12-15)21-18(22(28)29-19)13-26(24-21)14-20(27)23-10-11-25(2)16-6-4-3-5-7-16/h8-9,12-13,16H,3-7,10-11,14H2,1-2H3,(H,23,27). The molecule has 1 aromatic carbocycles. The van der Waals surface area contributed by atoms with Crippen LogP contribution in [0.1, 0.15) is 37.7 Å². The van der Waals surface area contributed by atoms with E-state index < -0.39 is 5.63 Å². The van der Waals surface area contributed by atoms with Gasteiger partial charge in [-0.05, 0) is 38.9 Å². The molecule has 0 radical (unpaired) electrons.